The zero-order valence-corrected chi connectivity index (χ0v) is 19.8. The maximum Gasteiger partial charge on any atom is 0.268 e. The van der Waals surface area contributed by atoms with Crippen LogP contribution in [0, 0.1) is 12.8 Å². The van der Waals surface area contributed by atoms with E-state index in [1.807, 2.05) is 36.4 Å². The van der Waals surface area contributed by atoms with Gasteiger partial charge in [0.15, 0.2) is 0 Å². The molecule has 2 aromatic carbocycles. The van der Waals surface area contributed by atoms with E-state index in [-0.39, 0.29) is 11.3 Å². The summed E-state index contributed by atoms with van der Waals surface area (Å²) in [4.78, 5) is 19.1. The highest BCUT2D eigenvalue weighted by molar-refractivity contribution is 5.94. The number of hydrogen-bond donors (Lipinski definition) is 2. The highest BCUT2D eigenvalue weighted by Crippen LogP contribution is 2.49. The van der Waals surface area contributed by atoms with Gasteiger partial charge < -0.3 is 19.9 Å². The molecule has 0 bridgehead atoms. The molecule has 2 N–H and O–H groups in total. The summed E-state index contributed by atoms with van der Waals surface area (Å²) in [7, 11) is 3.95. The lowest BCUT2D eigenvalue weighted by Crippen LogP contribution is -2.52. The Bertz CT molecular complexity index is 1150. The molecule has 33 heavy (non-hydrogen) atoms. The number of carbonyl (C=O) groups is 1. The predicted octanol–water partition coefficient (Wildman–Crippen LogP) is 4.25. The van der Waals surface area contributed by atoms with Gasteiger partial charge in [-0.3, -0.25) is 4.79 Å². The number of benzene rings is 2. The number of piperidine rings is 1. The van der Waals surface area contributed by atoms with Crippen LogP contribution in [-0.2, 0) is 24.8 Å². The van der Waals surface area contributed by atoms with Crippen LogP contribution in [0.5, 0.6) is 5.75 Å². The van der Waals surface area contributed by atoms with Crippen molar-refractivity contribution in [3.05, 3.63) is 88.2 Å². The number of nitrogens with zero attached hydrogens (tertiary/aromatic N) is 1. The second-order valence-electron chi connectivity index (χ2n) is 9.73. The number of likely N-dealkylation sites (tertiary alicyclic amines) is 1. The van der Waals surface area contributed by atoms with Crippen molar-refractivity contribution in [2.24, 2.45) is 5.92 Å². The molecule has 5 rings (SSSR count). The van der Waals surface area contributed by atoms with Gasteiger partial charge in [-0.05, 0) is 80.1 Å². The summed E-state index contributed by atoms with van der Waals surface area (Å²) in [5, 5.41) is 3.10. The zero-order chi connectivity index (χ0) is 23.0. The van der Waals surface area contributed by atoms with Crippen LogP contribution in [0.4, 0.5) is 0 Å². The Kier molecular flexibility index (Phi) is 5.75. The molecule has 0 unspecified atom stereocenters. The van der Waals surface area contributed by atoms with E-state index in [0.717, 1.165) is 49.2 Å². The van der Waals surface area contributed by atoms with Gasteiger partial charge >= 0.3 is 0 Å². The number of nitrogens with one attached hydrogen (secondary N) is 2. The summed E-state index contributed by atoms with van der Waals surface area (Å²) in [5.41, 5.74) is 6.88. The monoisotopic (exact) mass is 443 g/mol. The molecule has 172 valence electrons. The Morgan fingerprint density at radius 2 is 2.03 bits per heavy atom. The van der Waals surface area contributed by atoms with E-state index in [1.54, 1.807) is 7.11 Å². The largest absolute Gasteiger partial charge is 0.497 e. The zero-order valence-electron chi connectivity index (χ0n) is 19.8. The molecule has 2 heterocycles. The van der Waals surface area contributed by atoms with Crippen LogP contribution >= 0.6 is 0 Å². The molecule has 1 amide bonds. The molecule has 1 aromatic heterocycles. The molecule has 1 fully saturated rings. The lowest BCUT2D eigenvalue weighted by Gasteiger charge is -2.50. The Labute approximate surface area is 196 Å². The van der Waals surface area contributed by atoms with Crippen molar-refractivity contribution in [1.82, 2.24) is 15.2 Å². The maximum absolute atomic E-state index is 13.1. The van der Waals surface area contributed by atoms with Crippen molar-refractivity contribution >= 4 is 5.91 Å². The van der Waals surface area contributed by atoms with Gasteiger partial charge in [-0.15, -0.1) is 0 Å². The third-order valence-electron chi connectivity index (χ3n) is 7.83. The minimum absolute atomic E-state index is 0.0266. The summed E-state index contributed by atoms with van der Waals surface area (Å²) in [5.74, 6) is 1.39. The van der Waals surface area contributed by atoms with Crippen LogP contribution in [0.2, 0.25) is 0 Å². The number of aromatic amines is 1. The average molecular weight is 444 g/mol. The standard InChI is InChI=1S/C28H33N3O2/c1-19-24-15-22-18-31(2)13-12-28(22,21-10-7-11-23(14-21)33-3)16-25(24)30-26(19)27(32)29-17-20-8-5-4-6-9-20/h4-11,14,22,30H,12-13,15-18H2,1-3H3,(H,29,32)/t22-,28+/m1/s1. The third-order valence-corrected chi connectivity index (χ3v) is 7.83. The molecule has 0 radical (unpaired) electrons. The minimum Gasteiger partial charge on any atom is -0.497 e. The van der Waals surface area contributed by atoms with E-state index in [1.165, 1.54) is 16.8 Å². The van der Waals surface area contributed by atoms with Crippen molar-refractivity contribution in [2.45, 2.75) is 38.1 Å². The maximum atomic E-state index is 13.1. The number of H-pyrrole nitrogens is 1. The van der Waals surface area contributed by atoms with Crippen LogP contribution in [0.1, 0.15) is 44.9 Å². The normalized spacial score (nSPS) is 22.3. The van der Waals surface area contributed by atoms with Crippen LogP contribution in [0.3, 0.4) is 0 Å². The lowest BCUT2D eigenvalue weighted by molar-refractivity contribution is 0.0944. The molecule has 0 saturated carbocycles. The van der Waals surface area contributed by atoms with Gasteiger partial charge in [0.25, 0.3) is 5.91 Å². The molecule has 1 aliphatic heterocycles. The first-order valence-electron chi connectivity index (χ1n) is 11.9. The summed E-state index contributed by atoms with van der Waals surface area (Å²) in [6, 6.07) is 18.7. The Morgan fingerprint density at radius 3 is 2.82 bits per heavy atom. The SMILES string of the molecule is COc1cccc([C@@]23CCN(C)C[C@H]2Cc2c([nH]c(C(=O)NCc4ccccc4)c2C)C3)c1. The molecule has 0 spiro atoms. The van der Waals surface area contributed by atoms with Crippen LogP contribution < -0.4 is 10.1 Å². The third kappa shape index (κ3) is 3.95. The summed E-state index contributed by atoms with van der Waals surface area (Å²) >= 11 is 0. The number of hydrogen-bond acceptors (Lipinski definition) is 3. The van der Waals surface area contributed by atoms with Crippen molar-refractivity contribution < 1.29 is 9.53 Å². The second-order valence-corrected chi connectivity index (χ2v) is 9.73. The summed E-state index contributed by atoms with van der Waals surface area (Å²) < 4.78 is 5.56. The fourth-order valence-electron chi connectivity index (χ4n) is 5.92. The van der Waals surface area contributed by atoms with Crippen molar-refractivity contribution in [1.29, 1.82) is 0 Å². The molecule has 2 atom stereocenters. The number of ether oxygens (including phenoxy) is 1. The van der Waals surface area contributed by atoms with Gasteiger partial charge in [0, 0.05) is 24.2 Å². The number of methoxy groups -OCH3 is 1. The van der Waals surface area contributed by atoms with Gasteiger partial charge in [0.1, 0.15) is 11.4 Å². The molecular formula is C28H33N3O2. The van der Waals surface area contributed by atoms with Gasteiger partial charge in [0.2, 0.25) is 0 Å². The van der Waals surface area contributed by atoms with E-state index in [2.05, 4.69) is 47.4 Å². The van der Waals surface area contributed by atoms with E-state index in [0.29, 0.717) is 18.2 Å². The Hall–Kier alpha value is -3.05. The fourth-order valence-corrected chi connectivity index (χ4v) is 5.92. The van der Waals surface area contributed by atoms with Gasteiger partial charge in [-0.1, -0.05) is 42.5 Å². The first kappa shape index (κ1) is 21.8. The molecular weight excluding hydrogens is 410 g/mol. The predicted molar refractivity (Wildman–Crippen MR) is 131 cm³/mol. The fraction of sp³-hybridized carbons (Fsp3) is 0.393. The molecule has 5 heteroatoms. The molecule has 2 aliphatic rings. The minimum atomic E-state index is -0.0266. The Balaban J connectivity index is 1.46. The van der Waals surface area contributed by atoms with Crippen LogP contribution in [0.25, 0.3) is 0 Å². The number of aromatic nitrogens is 1. The molecule has 1 aliphatic carbocycles. The van der Waals surface area contributed by atoms with E-state index in [9.17, 15) is 4.79 Å². The van der Waals surface area contributed by atoms with Crippen LogP contribution in [-0.4, -0.2) is 43.0 Å². The molecule has 1 saturated heterocycles. The topological polar surface area (TPSA) is 57.4 Å². The van der Waals surface area contributed by atoms with E-state index >= 15 is 0 Å². The lowest BCUT2D eigenvalue weighted by atomic mass is 9.58. The highest BCUT2D eigenvalue weighted by Gasteiger charge is 2.48. The number of rotatable bonds is 5. The number of amides is 1. The summed E-state index contributed by atoms with van der Waals surface area (Å²) in [6.07, 6.45) is 3.03. The molecule has 5 nitrogen and oxygen atoms in total. The van der Waals surface area contributed by atoms with E-state index < -0.39 is 0 Å². The first-order chi connectivity index (χ1) is 16.0. The number of carbonyl (C=O) groups excluding carboxylic acids is 1. The van der Waals surface area contributed by atoms with E-state index in [4.69, 9.17) is 4.74 Å². The second kappa shape index (κ2) is 8.71. The average Bonchev–Trinajstić information content (AvgIpc) is 3.17. The van der Waals surface area contributed by atoms with Gasteiger partial charge in [-0.2, -0.15) is 0 Å². The number of fused-ring (bicyclic) bond motifs is 2. The molecule has 3 aromatic rings. The van der Waals surface area contributed by atoms with Crippen molar-refractivity contribution in [3.63, 3.8) is 0 Å². The Morgan fingerprint density at radius 1 is 1.21 bits per heavy atom. The highest BCUT2D eigenvalue weighted by atomic mass is 16.5. The van der Waals surface area contributed by atoms with Crippen molar-refractivity contribution in [2.75, 3.05) is 27.2 Å². The van der Waals surface area contributed by atoms with Crippen molar-refractivity contribution in [3.8, 4) is 5.75 Å². The smallest absolute Gasteiger partial charge is 0.268 e. The van der Waals surface area contributed by atoms with Gasteiger partial charge in [-0.25, -0.2) is 0 Å². The quantitative estimate of drug-likeness (QED) is 0.620. The first-order valence-corrected chi connectivity index (χ1v) is 11.9. The van der Waals surface area contributed by atoms with Gasteiger partial charge in [0.05, 0.1) is 7.11 Å². The summed E-state index contributed by atoms with van der Waals surface area (Å²) in [6.45, 7) is 4.77. The van der Waals surface area contributed by atoms with Crippen LogP contribution in [0.15, 0.2) is 54.6 Å².